The van der Waals surface area contributed by atoms with E-state index in [0.717, 1.165) is 11.1 Å². The molecule has 0 aromatic heterocycles. The Balaban J connectivity index is 3.12. The standard InChI is InChI=1S/C19H24O/c1-7-8-12-15(2)18(3,4)17(20)19(5,6)16-13-10-9-11-14-16/h7-14H,1-2H2,3-6H3/b12-8-. The summed E-state index contributed by atoms with van der Waals surface area (Å²) in [4.78, 5) is 13.0. The highest BCUT2D eigenvalue weighted by Gasteiger charge is 2.40. The van der Waals surface area contributed by atoms with E-state index in [1.165, 1.54) is 0 Å². The summed E-state index contributed by atoms with van der Waals surface area (Å²) in [5.41, 5.74) is 0.666. The number of benzene rings is 1. The zero-order chi connectivity index (χ0) is 15.4. The highest BCUT2D eigenvalue weighted by Crippen LogP contribution is 2.37. The Morgan fingerprint density at radius 2 is 1.65 bits per heavy atom. The molecule has 0 bridgehead atoms. The summed E-state index contributed by atoms with van der Waals surface area (Å²) in [5.74, 6) is 0.162. The van der Waals surface area contributed by atoms with Crippen molar-refractivity contribution in [2.45, 2.75) is 33.1 Å². The second kappa shape index (κ2) is 6.04. The summed E-state index contributed by atoms with van der Waals surface area (Å²) in [6, 6.07) is 9.88. The maximum atomic E-state index is 13.0. The fraction of sp³-hybridized carbons (Fsp3) is 0.316. The summed E-state index contributed by atoms with van der Waals surface area (Å²) >= 11 is 0. The summed E-state index contributed by atoms with van der Waals surface area (Å²) in [6.45, 7) is 15.5. The molecule has 0 aliphatic heterocycles. The zero-order valence-corrected chi connectivity index (χ0v) is 12.9. The lowest BCUT2D eigenvalue weighted by atomic mass is 9.67. The van der Waals surface area contributed by atoms with Gasteiger partial charge in [0.05, 0.1) is 0 Å². The Labute approximate surface area is 122 Å². The molecule has 0 radical (unpaired) electrons. The monoisotopic (exact) mass is 268 g/mol. The molecule has 0 saturated heterocycles. The van der Waals surface area contributed by atoms with Gasteiger partial charge in [0.2, 0.25) is 0 Å². The van der Waals surface area contributed by atoms with Gasteiger partial charge in [-0.1, -0.05) is 61.7 Å². The van der Waals surface area contributed by atoms with Crippen molar-refractivity contribution in [2.75, 3.05) is 0 Å². The third kappa shape index (κ3) is 3.16. The average molecular weight is 268 g/mol. The van der Waals surface area contributed by atoms with Crippen molar-refractivity contribution in [3.05, 3.63) is 72.9 Å². The number of allylic oxidation sites excluding steroid dienone is 4. The molecule has 1 rings (SSSR count). The smallest absolute Gasteiger partial charge is 0.152 e. The van der Waals surface area contributed by atoms with E-state index in [9.17, 15) is 4.79 Å². The van der Waals surface area contributed by atoms with Gasteiger partial charge in [0.1, 0.15) is 0 Å². The quantitative estimate of drug-likeness (QED) is 0.673. The molecule has 0 aliphatic rings. The molecule has 0 amide bonds. The van der Waals surface area contributed by atoms with Crippen molar-refractivity contribution >= 4 is 5.78 Å². The van der Waals surface area contributed by atoms with Gasteiger partial charge in [0, 0.05) is 10.8 Å². The lowest BCUT2D eigenvalue weighted by molar-refractivity contribution is -0.130. The largest absolute Gasteiger partial charge is 0.298 e. The minimum atomic E-state index is -0.612. The Hall–Kier alpha value is -1.89. The Morgan fingerprint density at radius 3 is 2.15 bits per heavy atom. The number of rotatable bonds is 6. The highest BCUT2D eigenvalue weighted by molar-refractivity contribution is 5.96. The minimum absolute atomic E-state index is 0.162. The first-order chi connectivity index (χ1) is 9.24. The van der Waals surface area contributed by atoms with E-state index in [2.05, 4.69) is 13.2 Å². The van der Waals surface area contributed by atoms with Crippen LogP contribution in [0.1, 0.15) is 33.3 Å². The lowest BCUT2D eigenvalue weighted by Crippen LogP contribution is -2.40. The van der Waals surface area contributed by atoms with Crippen molar-refractivity contribution in [1.29, 1.82) is 0 Å². The van der Waals surface area contributed by atoms with Gasteiger partial charge in [-0.25, -0.2) is 0 Å². The Morgan fingerprint density at radius 1 is 1.10 bits per heavy atom. The van der Waals surface area contributed by atoms with Crippen LogP contribution >= 0.6 is 0 Å². The number of carbonyl (C=O) groups excluding carboxylic acids is 1. The fourth-order valence-corrected chi connectivity index (χ4v) is 2.31. The molecule has 0 heterocycles. The topological polar surface area (TPSA) is 17.1 Å². The summed E-state index contributed by atoms with van der Waals surface area (Å²) in [5, 5.41) is 0. The predicted molar refractivity (Wildman–Crippen MR) is 86.7 cm³/mol. The van der Waals surface area contributed by atoms with E-state index >= 15 is 0 Å². The molecule has 0 saturated carbocycles. The average Bonchev–Trinajstić information content (AvgIpc) is 2.44. The third-order valence-electron chi connectivity index (χ3n) is 3.87. The lowest BCUT2D eigenvalue weighted by Gasteiger charge is -2.34. The molecular formula is C19H24O. The van der Waals surface area contributed by atoms with Crippen LogP contribution in [0.2, 0.25) is 0 Å². The van der Waals surface area contributed by atoms with Crippen molar-refractivity contribution in [3.8, 4) is 0 Å². The SMILES string of the molecule is C=C/C=C\C(=C)C(C)(C)C(=O)C(C)(C)c1ccccc1. The maximum Gasteiger partial charge on any atom is 0.152 e. The first-order valence-corrected chi connectivity index (χ1v) is 6.83. The minimum Gasteiger partial charge on any atom is -0.298 e. The van der Waals surface area contributed by atoms with Crippen LogP contribution in [0.15, 0.2) is 67.3 Å². The van der Waals surface area contributed by atoms with Crippen molar-refractivity contribution in [1.82, 2.24) is 0 Å². The van der Waals surface area contributed by atoms with Gasteiger partial charge in [-0.3, -0.25) is 4.79 Å². The second-order valence-electron chi connectivity index (χ2n) is 6.07. The molecule has 0 aliphatic carbocycles. The Kier molecular flexibility index (Phi) is 4.88. The molecule has 20 heavy (non-hydrogen) atoms. The predicted octanol–water partition coefficient (Wildman–Crippen LogP) is 4.86. The van der Waals surface area contributed by atoms with Crippen LogP contribution in [0.3, 0.4) is 0 Å². The highest BCUT2D eigenvalue weighted by atomic mass is 16.1. The molecule has 0 unspecified atom stereocenters. The van der Waals surface area contributed by atoms with Gasteiger partial charge in [0.25, 0.3) is 0 Å². The van der Waals surface area contributed by atoms with Crippen LogP contribution in [0.4, 0.5) is 0 Å². The van der Waals surface area contributed by atoms with Gasteiger partial charge in [0.15, 0.2) is 5.78 Å². The molecule has 1 nitrogen and oxygen atoms in total. The van der Waals surface area contributed by atoms with Crippen molar-refractivity contribution in [2.24, 2.45) is 5.41 Å². The summed E-state index contributed by atoms with van der Waals surface area (Å²) < 4.78 is 0. The van der Waals surface area contributed by atoms with E-state index in [-0.39, 0.29) is 5.78 Å². The van der Waals surface area contributed by atoms with Gasteiger partial charge in [-0.05, 0) is 38.8 Å². The van der Waals surface area contributed by atoms with Crippen LogP contribution in [0.25, 0.3) is 0 Å². The third-order valence-corrected chi connectivity index (χ3v) is 3.87. The normalized spacial score (nSPS) is 12.4. The van der Waals surface area contributed by atoms with Crippen LogP contribution < -0.4 is 0 Å². The summed E-state index contributed by atoms with van der Waals surface area (Å²) in [7, 11) is 0. The second-order valence-corrected chi connectivity index (χ2v) is 6.07. The van der Waals surface area contributed by atoms with Crippen molar-refractivity contribution in [3.63, 3.8) is 0 Å². The van der Waals surface area contributed by atoms with E-state index < -0.39 is 10.8 Å². The van der Waals surface area contributed by atoms with Gasteiger partial charge in [-0.15, -0.1) is 0 Å². The van der Waals surface area contributed by atoms with Crippen molar-refractivity contribution < 1.29 is 4.79 Å². The van der Waals surface area contributed by atoms with Crippen LogP contribution in [0.5, 0.6) is 0 Å². The molecular weight excluding hydrogens is 244 g/mol. The molecule has 0 fully saturated rings. The molecule has 106 valence electrons. The maximum absolute atomic E-state index is 13.0. The van der Waals surface area contributed by atoms with E-state index in [4.69, 9.17) is 0 Å². The molecule has 0 N–H and O–H groups in total. The summed E-state index contributed by atoms with van der Waals surface area (Å²) in [6.07, 6.45) is 5.35. The van der Waals surface area contributed by atoms with E-state index in [1.807, 2.05) is 70.2 Å². The molecule has 0 spiro atoms. The van der Waals surface area contributed by atoms with Crippen LogP contribution in [0, 0.1) is 5.41 Å². The number of ketones is 1. The first kappa shape index (κ1) is 16.2. The van der Waals surface area contributed by atoms with Gasteiger partial charge < -0.3 is 0 Å². The number of hydrogen-bond acceptors (Lipinski definition) is 1. The first-order valence-electron chi connectivity index (χ1n) is 6.83. The molecule has 1 aromatic rings. The number of carbonyl (C=O) groups is 1. The van der Waals surface area contributed by atoms with E-state index in [1.54, 1.807) is 6.08 Å². The fourth-order valence-electron chi connectivity index (χ4n) is 2.31. The number of hydrogen-bond donors (Lipinski definition) is 0. The Bertz CT molecular complexity index is 530. The molecule has 1 aromatic carbocycles. The number of Topliss-reactive ketones (excluding diaryl/α,β-unsaturated/α-hetero) is 1. The van der Waals surface area contributed by atoms with Crippen LogP contribution in [-0.2, 0) is 10.2 Å². The van der Waals surface area contributed by atoms with E-state index in [0.29, 0.717) is 0 Å². The van der Waals surface area contributed by atoms with Gasteiger partial charge in [-0.2, -0.15) is 0 Å². The van der Waals surface area contributed by atoms with Gasteiger partial charge >= 0.3 is 0 Å². The zero-order valence-electron chi connectivity index (χ0n) is 12.9. The molecule has 1 heteroatoms. The molecule has 0 atom stereocenters. The van der Waals surface area contributed by atoms with Crippen LogP contribution in [-0.4, -0.2) is 5.78 Å².